The normalized spacial score (nSPS) is 12.4. The van der Waals surface area contributed by atoms with Gasteiger partial charge in [0.2, 0.25) is 0 Å². The molecule has 1 aromatic heterocycles. The van der Waals surface area contributed by atoms with Crippen LogP contribution in [-0.4, -0.2) is 36.4 Å². The first-order valence-electron chi connectivity index (χ1n) is 10.3. The number of benzene rings is 2. The summed E-state index contributed by atoms with van der Waals surface area (Å²) in [6.07, 6.45) is 4.98. The quantitative estimate of drug-likeness (QED) is 0.420. The van der Waals surface area contributed by atoms with Crippen LogP contribution >= 0.6 is 0 Å². The van der Waals surface area contributed by atoms with Gasteiger partial charge in [0, 0.05) is 31.9 Å². The zero-order valence-electron chi connectivity index (χ0n) is 18.0. The number of hydrogen-bond donors (Lipinski definition) is 2. The van der Waals surface area contributed by atoms with E-state index in [2.05, 4.69) is 58.1 Å². The molecule has 0 fully saturated rings. The van der Waals surface area contributed by atoms with Crippen molar-refractivity contribution in [1.82, 2.24) is 20.4 Å². The third-order valence-corrected chi connectivity index (χ3v) is 5.11. The van der Waals surface area contributed by atoms with Gasteiger partial charge in [-0.05, 0) is 35.6 Å². The average molecular weight is 406 g/mol. The minimum absolute atomic E-state index is 0.456. The number of rotatable bonds is 9. The van der Waals surface area contributed by atoms with Crippen LogP contribution in [0.3, 0.4) is 0 Å². The number of nitrogens with one attached hydrogen (secondary N) is 2. The molecule has 0 amide bonds. The summed E-state index contributed by atoms with van der Waals surface area (Å²) < 4.78 is 7.19. The summed E-state index contributed by atoms with van der Waals surface area (Å²) in [5, 5.41) is 11.2. The predicted octanol–water partition coefficient (Wildman–Crippen LogP) is 3.80. The van der Waals surface area contributed by atoms with Crippen LogP contribution in [0.15, 0.2) is 72.0 Å². The molecule has 1 unspecified atom stereocenters. The first kappa shape index (κ1) is 21.4. The summed E-state index contributed by atoms with van der Waals surface area (Å²) >= 11 is 0. The number of nitrogens with zero attached hydrogens (tertiary/aromatic N) is 3. The Bertz CT molecular complexity index is 918. The number of hydrogen-bond acceptors (Lipinski definition) is 3. The molecule has 0 aliphatic rings. The minimum Gasteiger partial charge on any atom is -0.497 e. The van der Waals surface area contributed by atoms with Gasteiger partial charge in [0.25, 0.3) is 0 Å². The molecule has 0 aliphatic carbocycles. The highest BCUT2D eigenvalue weighted by molar-refractivity contribution is 5.79. The molecule has 0 saturated carbocycles. The minimum atomic E-state index is 0.456. The van der Waals surface area contributed by atoms with Crippen molar-refractivity contribution >= 4 is 5.96 Å². The van der Waals surface area contributed by atoms with E-state index in [1.54, 1.807) is 14.2 Å². The van der Waals surface area contributed by atoms with Crippen LogP contribution in [-0.2, 0) is 13.1 Å². The van der Waals surface area contributed by atoms with Crippen molar-refractivity contribution in [1.29, 1.82) is 0 Å². The molecule has 0 radical (unpaired) electrons. The maximum Gasteiger partial charge on any atom is 0.191 e. The lowest BCUT2D eigenvalue weighted by molar-refractivity contribution is 0.414. The third kappa shape index (κ3) is 6.37. The smallest absolute Gasteiger partial charge is 0.191 e. The molecule has 3 aromatic rings. The van der Waals surface area contributed by atoms with Crippen LogP contribution in [0.4, 0.5) is 0 Å². The van der Waals surface area contributed by atoms with Gasteiger partial charge >= 0.3 is 0 Å². The van der Waals surface area contributed by atoms with Gasteiger partial charge < -0.3 is 15.4 Å². The van der Waals surface area contributed by atoms with Crippen LogP contribution < -0.4 is 15.4 Å². The predicted molar refractivity (Wildman–Crippen MR) is 122 cm³/mol. The summed E-state index contributed by atoms with van der Waals surface area (Å²) in [6.45, 7) is 4.54. The van der Waals surface area contributed by atoms with Crippen molar-refractivity contribution in [2.24, 2.45) is 4.99 Å². The molecule has 3 rings (SSSR count). The van der Waals surface area contributed by atoms with Gasteiger partial charge in [-0.2, -0.15) is 5.10 Å². The molecule has 0 bridgehead atoms. The van der Waals surface area contributed by atoms with Gasteiger partial charge in [0.05, 0.1) is 19.9 Å². The molecule has 0 spiro atoms. The van der Waals surface area contributed by atoms with E-state index in [-0.39, 0.29) is 0 Å². The molecule has 1 atom stereocenters. The Balaban J connectivity index is 1.41. The van der Waals surface area contributed by atoms with Crippen molar-refractivity contribution in [3.63, 3.8) is 0 Å². The Morgan fingerprint density at radius 3 is 2.53 bits per heavy atom. The van der Waals surface area contributed by atoms with Gasteiger partial charge in [0.15, 0.2) is 5.96 Å². The third-order valence-electron chi connectivity index (χ3n) is 5.11. The second-order valence-electron chi connectivity index (χ2n) is 7.35. The molecule has 30 heavy (non-hydrogen) atoms. The molecule has 2 N–H and O–H groups in total. The Hall–Kier alpha value is -3.28. The lowest BCUT2D eigenvalue weighted by Crippen LogP contribution is -2.37. The lowest BCUT2D eigenvalue weighted by Gasteiger charge is -2.15. The van der Waals surface area contributed by atoms with E-state index < -0.39 is 0 Å². The summed E-state index contributed by atoms with van der Waals surface area (Å²) in [5.74, 6) is 2.14. The van der Waals surface area contributed by atoms with Crippen molar-refractivity contribution < 1.29 is 4.74 Å². The molecule has 0 saturated heterocycles. The fraction of sp³-hybridized carbons (Fsp3) is 0.333. The summed E-state index contributed by atoms with van der Waals surface area (Å²) in [5.41, 5.74) is 3.68. The Morgan fingerprint density at radius 2 is 1.83 bits per heavy atom. The van der Waals surface area contributed by atoms with E-state index in [0.717, 1.165) is 36.8 Å². The number of ether oxygens (including phenoxy) is 1. The summed E-state index contributed by atoms with van der Waals surface area (Å²) in [4.78, 5) is 4.32. The van der Waals surface area contributed by atoms with E-state index >= 15 is 0 Å². The molecule has 1 heterocycles. The molecule has 6 heteroatoms. The molecule has 158 valence electrons. The highest BCUT2D eigenvalue weighted by Crippen LogP contribution is 2.21. The topological polar surface area (TPSA) is 63.5 Å². The average Bonchev–Trinajstić information content (AvgIpc) is 3.24. The lowest BCUT2D eigenvalue weighted by atomic mass is 9.98. The number of aromatic nitrogens is 2. The Morgan fingerprint density at radius 1 is 1.07 bits per heavy atom. The van der Waals surface area contributed by atoms with Crippen LogP contribution in [0.5, 0.6) is 5.75 Å². The number of methoxy groups -OCH3 is 1. The van der Waals surface area contributed by atoms with Crippen LogP contribution in [0.25, 0.3) is 0 Å². The fourth-order valence-corrected chi connectivity index (χ4v) is 3.27. The van der Waals surface area contributed by atoms with Crippen molar-refractivity contribution in [2.45, 2.75) is 32.4 Å². The van der Waals surface area contributed by atoms with E-state index in [4.69, 9.17) is 4.74 Å². The second-order valence-corrected chi connectivity index (χ2v) is 7.35. The van der Waals surface area contributed by atoms with E-state index in [9.17, 15) is 0 Å². The summed E-state index contributed by atoms with van der Waals surface area (Å²) in [6, 6.07) is 18.6. The first-order valence-corrected chi connectivity index (χ1v) is 10.3. The number of guanidine groups is 1. The largest absolute Gasteiger partial charge is 0.497 e. The van der Waals surface area contributed by atoms with Gasteiger partial charge in [-0.15, -0.1) is 0 Å². The van der Waals surface area contributed by atoms with Crippen molar-refractivity contribution in [3.05, 3.63) is 83.7 Å². The van der Waals surface area contributed by atoms with Crippen molar-refractivity contribution in [2.75, 3.05) is 20.7 Å². The summed E-state index contributed by atoms with van der Waals surface area (Å²) in [7, 11) is 3.48. The Kier molecular flexibility index (Phi) is 7.89. The fourth-order valence-electron chi connectivity index (χ4n) is 3.27. The maximum atomic E-state index is 5.23. The monoisotopic (exact) mass is 405 g/mol. The van der Waals surface area contributed by atoms with E-state index in [0.29, 0.717) is 12.5 Å². The zero-order valence-corrected chi connectivity index (χ0v) is 18.0. The highest BCUT2D eigenvalue weighted by Gasteiger charge is 2.07. The molecule has 6 nitrogen and oxygen atoms in total. The van der Waals surface area contributed by atoms with Gasteiger partial charge in [-0.1, -0.05) is 49.4 Å². The van der Waals surface area contributed by atoms with Gasteiger partial charge in [0.1, 0.15) is 5.75 Å². The SMILES string of the molecule is CN=C(NCCC(C)c1ccc(OC)cc1)NCc1cnn(Cc2ccccc2)c1. The van der Waals surface area contributed by atoms with E-state index in [1.165, 1.54) is 11.1 Å². The molecule has 0 aliphatic heterocycles. The molecular formula is C24H31N5O. The number of aliphatic imine (C=N–C) groups is 1. The Labute approximate surface area is 179 Å². The van der Waals surface area contributed by atoms with Crippen molar-refractivity contribution in [3.8, 4) is 5.75 Å². The highest BCUT2D eigenvalue weighted by atomic mass is 16.5. The first-order chi connectivity index (χ1) is 14.7. The maximum absolute atomic E-state index is 5.23. The van der Waals surface area contributed by atoms with Crippen LogP contribution in [0.1, 0.15) is 36.0 Å². The zero-order chi connectivity index (χ0) is 21.2. The van der Waals surface area contributed by atoms with Gasteiger partial charge in [-0.25, -0.2) is 0 Å². The standard InChI is InChI=1S/C24H31N5O/c1-19(22-9-11-23(30-3)12-10-22)13-14-26-24(25-2)27-15-21-16-28-29(18-21)17-20-7-5-4-6-8-20/h4-12,16,18-19H,13-15,17H2,1-3H3,(H2,25,26,27). The molecular weight excluding hydrogens is 374 g/mol. The van der Waals surface area contributed by atoms with Crippen LogP contribution in [0.2, 0.25) is 0 Å². The van der Waals surface area contributed by atoms with Crippen LogP contribution in [0, 0.1) is 0 Å². The van der Waals surface area contributed by atoms with E-state index in [1.807, 2.05) is 41.2 Å². The van der Waals surface area contributed by atoms with Gasteiger partial charge in [-0.3, -0.25) is 9.67 Å². The second kappa shape index (κ2) is 11.0. The molecule has 2 aromatic carbocycles.